The highest BCUT2D eigenvalue weighted by atomic mass is 35.5. The molecule has 1 fully saturated rings. The zero-order valence-electron chi connectivity index (χ0n) is 11.7. The summed E-state index contributed by atoms with van der Waals surface area (Å²) in [5, 5.41) is 18.7. The number of hydrogen-bond acceptors (Lipinski definition) is 4. The van der Waals surface area contributed by atoms with Crippen LogP contribution >= 0.6 is 11.6 Å². The van der Waals surface area contributed by atoms with Crippen LogP contribution in [0.5, 0.6) is 0 Å². The summed E-state index contributed by atoms with van der Waals surface area (Å²) in [6.45, 7) is 2.10. The molecule has 21 heavy (non-hydrogen) atoms. The lowest BCUT2D eigenvalue weighted by molar-refractivity contribution is 0.113. The van der Waals surface area contributed by atoms with Crippen LogP contribution in [0.1, 0.15) is 25.3 Å². The zero-order chi connectivity index (χ0) is 15.6. The number of aliphatic hydroxyl groups is 1. The van der Waals surface area contributed by atoms with E-state index in [2.05, 4.69) is 0 Å². The first-order valence-corrected chi connectivity index (χ1v) is 8.56. The number of sulfonamides is 1. The number of rotatable bonds is 3. The molecule has 1 saturated heterocycles. The normalized spacial score (nSPS) is 23.7. The first-order valence-electron chi connectivity index (χ1n) is 6.74. The molecular formula is C14H17ClN2O3S. The van der Waals surface area contributed by atoms with E-state index in [9.17, 15) is 13.5 Å². The summed E-state index contributed by atoms with van der Waals surface area (Å²) < 4.78 is 26.8. The van der Waals surface area contributed by atoms with E-state index in [-0.39, 0.29) is 28.0 Å². The van der Waals surface area contributed by atoms with Gasteiger partial charge in [0.15, 0.2) is 0 Å². The Morgan fingerprint density at radius 1 is 1.52 bits per heavy atom. The Hall–Kier alpha value is -1.13. The monoisotopic (exact) mass is 328 g/mol. The second-order valence-corrected chi connectivity index (χ2v) is 7.54. The van der Waals surface area contributed by atoms with Crippen LogP contribution in [0.25, 0.3) is 0 Å². The van der Waals surface area contributed by atoms with Gasteiger partial charge < -0.3 is 5.11 Å². The smallest absolute Gasteiger partial charge is 0.243 e. The summed E-state index contributed by atoms with van der Waals surface area (Å²) in [6.07, 6.45) is 1.65. The first-order chi connectivity index (χ1) is 9.91. The quantitative estimate of drug-likeness (QED) is 0.920. The van der Waals surface area contributed by atoms with Gasteiger partial charge in [0.1, 0.15) is 6.07 Å². The number of hydrogen-bond donors (Lipinski definition) is 1. The molecule has 5 nitrogen and oxygen atoms in total. The van der Waals surface area contributed by atoms with E-state index < -0.39 is 16.1 Å². The van der Waals surface area contributed by atoms with Crippen LogP contribution in [-0.4, -0.2) is 37.0 Å². The fraction of sp³-hybridized carbons (Fsp3) is 0.500. The van der Waals surface area contributed by atoms with Crippen molar-refractivity contribution in [1.82, 2.24) is 4.31 Å². The molecule has 1 aliphatic heterocycles. The SMILES string of the molecule is CC1CCCN(S(=O)(=O)c2ccc(Cl)c(C#N)c2)C1CO. The van der Waals surface area contributed by atoms with Crippen LogP contribution in [0.15, 0.2) is 23.1 Å². The van der Waals surface area contributed by atoms with Crippen molar-refractivity contribution in [1.29, 1.82) is 5.26 Å². The van der Waals surface area contributed by atoms with E-state index in [0.29, 0.717) is 6.54 Å². The number of halogens is 1. The lowest BCUT2D eigenvalue weighted by Gasteiger charge is -2.37. The molecular weight excluding hydrogens is 312 g/mol. The van der Waals surface area contributed by atoms with Crippen LogP contribution < -0.4 is 0 Å². The lowest BCUT2D eigenvalue weighted by Crippen LogP contribution is -2.49. The number of nitrogens with zero attached hydrogens (tertiary/aromatic N) is 2. The van der Waals surface area contributed by atoms with Crippen LogP contribution in [0.2, 0.25) is 5.02 Å². The van der Waals surface area contributed by atoms with Gasteiger partial charge in [-0.25, -0.2) is 8.42 Å². The van der Waals surface area contributed by atoms with Crippen molar-refractivity contribution in [2.24, 2.45) is 5.92 Å². The summed E-state index contributed by atoms with van der Waals surface area (Å²) in [4.78, 5) is 0.0380. The van der Waals surface area contributed by atoms with Crippen LogP contribution in [0.3, 0.4) is 0 Å². The third-order valence-corrected chi connectivity index (χ3v) is 6.17. The highest BCUT2D eigenvalue weighted by molar-refractivity contribution is 7.89. The molecule has 1 aromatic carbocycles. The molecule has 2 rings (SSSR count). The Morgan fingerprint density at radius 3 is 2.86 bits per heavy atom. The Labute approximate surface area is 129 Å². The minimum Gasteiger partial charge on any atom is -0.395 e. The first kappa shape index (κ1) is 16.2. The van der Waals surface area contributed by atoms with Gasteiger partial charge in [-0.05, 0) is 37.0 Å². The van der Waals surface area contributed by atoms with Crippen LogP contribution in [-0.2, 0) is 10.0 Å². The Kier molecular flexibility index (Phi) is 4.89. The molecule has 0 spiro atoms. The highest BCUT2D eigenvalue weighted by Gasteiger charge is 2.36. The number of aliphatic hydroxyl groups excluding tert-OH is 1. The molecule has 114 valence electrons. The average molecular weight is 329 g/mol. The summed E-state index contributed by atoms with van der Waals surface area (Å²) in [7, 11) is -3.74. The molecule has 1 N–H and O–H groups in total. The predicted molar refractivity (Wildman–Crippen MR) is 79.3 cm³/mol. The average Bonchev–Trinajstić information content (AvgIpc) is 2.47. The Balaban J connectivity index is 2.44. The standard InChI is InChI=1S/C14H17ClN2O3S/c1-10-3-2-6-17(14(10)9-18)21(19,20)12-4-5-13(15)11(7-12)8-16/h4-5,7,10,14,18H,2-3,6,9H2,1H3. The third kappa shape index (κ3) is 3.06. The van der Waals surface area contributed by atoms with E-state index in [0.717, 1.165) is 12.8 Å². The van der Waals surface area contributed by atoms with Crippen molar-refractivity contribution < 1.29 is 13.5 Å². The van der Waals surface area contributed by atoms with E-state index in [1.165, 1.54) is 22.5 Å². The summed E-state index contributed by atoms with van der Waals surface area (Å²) >= 11 is 5.84. The largest absolute Gasteiger partial charge is 0.395 e. The van der Waals surface area contributed by atoms with Gasteiger partial charge in [-0.1, -0.05) is 18.5 Å². The fourth-order valence-corrected chi connectivity index (χ4v) is 4.60. The lowest BCUT2D eigenvalue weighted by atomic mass is 9.93. The molecule has 1 aromatic rings. The molecule has 0 bridgehead atoms. The van der Waals surface area contributed by atoms with Gasteiger partial charge in [-0.15, -0.1) is 0 Å². The van der Waals surface area contributed by atoms with Gasteiger partial charge in [0.2, 0.25) is 10.0 Å². The zero-order valence-corrected chi connectivity index (χ0v) is 13.2. The maximum absolute atomic E-state index is 12.7. The van der Waals surface area contributed by atoms with Gasteiger partial charge in [0.05, 0.1) is 28.1 Å². The van der Waals surface area contributed by atoms with E-state index in [4.69, 9.17) is 16.9 Å². The van der Waals surface area contributed by atoms with Gasteiger partial charge >= 0.3 is 0 Å². The molecule has 1 heterocycles. The van der Waals surface area contributed by atoms with Crippen molar-refractivity contribution in [2.45, 2.75) is 30.7 Å². The van der Waals surface area contributed by atoms with Crippen LogP contribution in [0, 0.1) is 17.2 Å². The Morgan fingerprint density at radius 2 is 2.24 bits per heavy atom. The van der Waals surface area contributed by atoms with Crippen molar-refractivity contribution in [2.75, 3.05) is 13.2 Å². The van der Waals surface area contributed by atoms with Crippen LogP contribution in [0.4, 0.5) is 0 Å². The summed E-state index contributed by atoms with van der Waals surface area (Å²) in [5.74, 6) is 0.0984. The molecule has 0 aromatic heterocycles. The molecule has 0 aliphatic carbocycles. The van der Waals surface area contributed by atoms with Crippen molar-refractivity contribution in [3.63, 3.8) is 0 Å². The van der Waals surface area contributed by atoms with Crippen molar-refractivity contribution in [3.05, 3.63) is 28.8 Å². The summed E-state index contributed by atoms with van der Waals surface area (Å²) in [5.41, 5.74) is 0.128. The molecule has 0 radical (unpaired) electrons. The molecule has 7 heteroatoms. The number of nitriles is 1. The van der Waals surface area contributed by atoms with Gasteiger partial charge in [-0.2, -0.15) is 9.57 Å². The van der Waals surface area contributed by atoms with Crippen molar-refractivity contribution >= 4 is 21.6 Å². The predicted octanol–water partition coefficient (Wildman–Crippen LogP) is 1.99. The summed E-state index contributed by atoms with van der Waals surface area (Å²) in [6, 6.07) is 5.54. The van der Waals surface area contributed by atoms with E-state index in [1.807, 2.05) is 13.0 Å². The van der Waals surface area contributed by atoms with Gasteiger partial charge in [0, 0.05) is 6.54 Å². The minimum atomic E-state index is -3.74. The minimum absolute atomic E-state index is 0.0380. The molecule has 2 unspecified atom stereocenters. The second kappa shape index (κ2) is 6.32. The van der Waals surface area contributed by atoms with Gasteiger partial charge in [0.25, 0.3) is 0 Å². The van der Waals surface area contributed by atoms with Crippen molar-refractivity contribution in [3.8, 4) is 6.07 Å². The highest BCUT2D eigenvalue weighted by Crippen LogP contribution is 2.30. The molecule has 2 atom stereocenters. The van der Waals surface area contributed by atoms with E-state index >= 15 is 0 Å². The number of piperidine rings is 1. The van der Waals surface area contributed by atoms with E-state index in [1.54, 1.807) is 0 Å². The third-order valence-electron chi connectivity index (χ3n) is 3.92. The maximum Gasteiger partial charge on any atom is 0.243 e. The molecule has 0 amide bonds. The molecule has 1 aliphatic rings. The molecule has 0 saturated carbocycles. The number of benzene rings is 1. The second-order valence-electron chi connectivity index (χ2n) is 5.24. The Bertz CT molecular complexity index is 669. The maximum atomic E-state index is 12.7. The topological polar surface area (TPSA) is 81.4 Å². The fourth-order valence-electron chi connectivity index (χ4n) is 2.67. The van der Waals surface area contributed by atoms with Gasteiger partial charge in [-0.3, -0.25) is 0 Å².